The molecule has 0 unspecified atom stereocenters. The van der Waals surface area contributed by atoms with Gasteiger partial charge in [0.25, 0.3) is 6.71 Å². The lowest BCUT2D eigenvalue weighted by molar-refractivity contribution is 0.296. The van der Waals surface area contributed by atoms with Gasteiger partial charge in [-0.25, -0.2) is 0 Å². The molecule has 0 amide bonds. The Morgan fingerprint density at radius 2 is 0.781 bits per heavy atom. The van der Waals surface area contributed by atoms with E-state index < -0.39 is 0 Å². The molecule has 2 aromatic heterocycles. The molecule has 0 spiro atoms. The van der Waals surface area contributed by atoms with Crippen LogP contribution in [0.15, 0.2) is 133 Å². The van der Waals surface area contributed by atoms with Crippen LogP contribution in [0.1, 0.15) is 91.8 Å². The van der Waals surface area contributed by atoms with E-state index in [9.17, 15) is 0 Å². The second kappa shape index (κ2) is 16.9. The van der Waals surface area contributed by atoms with Crippen molar-refractivity contribution in [1.82, 2.24) is 0 Å². The summed E-state index contributed by atoms with van der Waals surface area (Å²) in [6.07, 6.45) is 1.64. The van der Waals surface area contributed by atoms with Gasteiger partial charge in [-0.2, -0.15) is 0 Å². The highest BCUT2D eigenvalue weighted by molar-refractivity contribution is 7.29. The summed E-state index contributed by atoms with van der Waals surface area (Å²) in [5.74, 6) is 3.11. The first-order chi connectivity index (χ1) is 35.1. The number of nitrogens with zero attached hydrogens (tertiary/aromatic N) is 2. The van der Waals surface area contributed by atoms with Crippen LogP contribution in [0.4, 0.5) is 32.8 Å². The van der Waals surface area contributed by atoms with E-state index in [-0.39, 0.29) is 23.0 Å². The number of ether oxygens (including phenoxy) is 4. The lowest BCUT2D eigenvalue weighted by atomic mass is 9.33. The van der Waals surface area contributed by atoms with Gasteiger partial charge in [0.05, 0.1) is 47.8 Å². The van der Waals surface area contributed by atoms with Crippen molar-refractivity contribution in [3.05, 3.63) is 150 Å². The van der Waals surface area contributed by atoms with Crippen LogP contribution in [0.5, 0.6) is 23.0 Å². The molecule has 0 atom stereocenters. The standard InChI is InChI=1S/C64H61BN2O4S2/c1-62(2,3)40-22-24-55-45(30-40)57-60(72-55)66(47-36-53-51(68-26-16-28-70-53)34-43(47)38-18-12-10-13-19-38)49-32-42(64(7,8)9)33-50-59(49)65(57)58-46-31-41(63(4,5)6)23-25-56(46)73-61(58)67(50)48-37-54-52(69-27-17-29-71-54)35-44(48)39-20-14-11-15-21-39/h10-15,18-25,30-37H,16-17,26-29H2,1-9H3. The smallest absolute Gasteiger partial charge is 0.256 e. The molecule has 13 rings (SSSR count). The summed E-state index contributed by atoms with van der Waals surface area (Å²) in [5, 5.41) is 5.07. The Morgan fingerprint density at radius 3 is 1.16 bits per heavy atom. The molecule has 0 saturated carbocycles. The molecule has 9 heteroatoms. The van der Waals surface area contributed by atoms with E-state index in [1.807, 2.05) is 22.7 Å². The lowest BCUT2D eigenvalue weighted by Crippen LogP contribution is -2.60. The molecule has 9 aromatic rings. The predicted molar refractivity (Wildman–Crippen MR) is 309 cm³/mol. The monoisotopic (exact) mass is 996 g/mol. The number of benzene rings is 7. The summed E-state index contributed by atoms with van der Waals surface area (Å²) in [6.45, 7) is 23.4. The summed E-state index contributed by atoms with van der Waals surface area (Å²) < 4.78 is 28.9. The number of thiophene rings is 2. The summed E-state index contributed by atoms with van der Waals surface area (Å²) in [4.78, 5) is 5.23. The zero-order chi connectivity index (χ0) is 50.1. The van der Waals surface area contributed by atoms with Crippen LogP contribution in [-0.4, -0.2) is 33.1 Å². The third kappa shape index (κ3) is 7.63. The van der Waals surface area contributed by atoms with Gasteiger partial charge in [0.15, 0.2) is 23.0 Å². The first-order valence-electron chi connectivity index (χ1n) is 26.0. The van der Waals surface area contributed by atoms with Crippen molar-refractivity contribution in [2.75, 3.05) is 36.2 Å². The molecule has 6 heterocycles. The van der Waals surface area contributed by atoms with Gasteiger partial charge in [-0.05, 0) is 108 Å². The van der Waals surface area contributed by atoms with Crippen LogP contribution < -0.4 is 45.1 Å². The third-order valence-corrected chi connectivity index (χ3v) is 17.6. The highest BCUT2D eigenvalue weighted by Crippen LogP contribution is 2.56. The number of fused-ring (bicyclic) bond motifs is 10. The van der Waals surface area contributed by atoms with Gasteiger partial charge in [-0.3, -0.25) is 0 Å². The van der Waals surface area contributed by atoms with E-state index >= 15 is 0 Å². The molecule has 4 aliphatic heterocycles. The zero-order valence-electron chi connectivity index (χ0n) is 43.4. The highest BCUT2D eigenvalue weighted by Gasteiger charge is 2.49. The maximum atomic E-state index is 6.64. The Morgan fingerprint density at radius 1 is 0.397 bits per heavy atom. The van der Waals surface area contributed by atoms with Crippen LogP contribution in [0, 0.1) is 0 Å². The van der Waals surface area contributed by atoms with E-state index in [0.717, 1.165) is 69.5 Å². The second-order valence-electron chi connectivity index (χ2n) is 23.3. The number of hydrogen-bond acceptors (Lipinski definition) is 8. The minimum Gasteiger partial charge on any atom is -0.490 e. The molecule has 366 valence electrons. The maximum Gasteiger partial charge on any atom is 0.256 e. The summed E-state index contributed by atoms with van der Waals surface area (Å²) >= 11 is 3.82. The van der Waals surface area contributed by atoms with Crippen LogP contribution >= 0.6 is 22.7 Å². The Labute approximate surface area is 438 Å². The molecule has 73 heavy (non-hydrogen) atoms. The molecule has 4 aliphatic rings. The Bertz CT molecular complexity index is 3440. The van der Waals surface area contributed by atoms with E-state index in [1.54, 1.807) is 0 Å². The highest BCUT2D eigenvalue weighted by atomic mass is 32.1. The van der Waals surface area contributed by atoms with Gasteiger partial charge in [0.2, 0.25) is 0 Å². The van der Waals surface area contributed by atoms with E-state index in [4.69, 9.17) is 18.9 Å². The fourth-order valence-corrected chi connectivity index (χ4v) is 13.8. The molecule has 0 aliphatic carbocycles. The first kappa shape index (κ1) is 46.1. The van der Waals surface area contributed by atoms with Crippen molar-refractivity contribution >= 4 is 98.7 Å². The van der Waals surface area contributed by atoms with Crippen molar-refractivity contribution in [3.8, 4) is 45.3 Å². The number of hydrogen-bond donors (Lipinski definition) is 0. The van der Waals surface area contributed by atoms with Crippen molar-refractivity contribution in [1.29, 1.82) is 0 Å². The number of rotatable bonds is 4. The Hall–Kier alpha value is -6.68. The molecule has 7 aromatic carbocycles. The van der Waals surface area contributed by atoms with Crippen molar-refractivity contribution in [3.63, 3.8) is 0 Å². The van der Waals surface area contributed by atoms with Crippen LogP contribution in [-0.2, 0) is 16.2 Å². The van der Waals surface area contributed by atoms with Gasteiger partial charge in [0, 0.05) is 56.9 Å². The van der Waals surface area contributed by atoms with Gasteiger partial charge < -0.3 is 28.7 Å². The average Bonchev–Trinajstić information content (AvgIpc) is 3.74. The first-order valence-corrected chi connectivity index (χ1v) is 27.6. The SMILES string of the molecule is CC(C)(C)c1cc2c3c(c1)N(c1cc4c(cc1-c1ccccc1)OCCCO4)c1sc4ccc(C(C)(C)C)cc4c1B3c1c(sc3ccc(C(C)(C)C)cc13)N2c1cc2c(cc1-c1ccccc1)OCCCO2. The largest absolute Gasteiger partial charge is 0.490 e. The Kier molecular flexibility index (Phi) is 10.7. The van der Waals surface area contributed by atoms with Crippen molar-refractivity contribution in [2.24, 2.45) is 0 Å². The quantitative estimate of drug-likeness (QED) is 0.164. The maximum absolute atomic E-state index is 6.64. The summed E-state index contributed by atoms with van der Waals surface area (Å²) in [5.41, 5.74) is 16.4. The van der Waals surface area contributed by atoms with E-state index in [0.29, 0.717) is 26.4 Å². The van der Waals surface area contributed by atoms with Gasteiger partial charge in [-0.15, -0.1) is 22.7 Å². The molecule has 0 saturated heterocycles. The fraction of sp³-hybridized carbons (Fsp3) is 0.281. The lowest BCUT2D eigenvalue weighted by Gasteiger charge is -2.44. The summed E-state index contributed by atoms with van der Waals surface area (Å²) in [6, 6.07) is 50.2. The molecule has 0 fully saturated rings. The normalized spacial score (nSPS) is 15.2. The van der Waals surface area contributed by atoms with E-state index in [2.05, 4.69) is 206 Å². The minimum absolute atomic E-state index is 0.0625. The average molecular weight is 997 g/mol. The minimum atomic E-state index is -0.220. The molecule has 6 nitrogen and oxygen atoms in total. The number of anilines is 6. The fourth-order valence-electron chi connectivity index (χ4n) is 11.3. The molecule has 0 radical (unpaired) electrons. The van der Waals surface area contributed by atoms with Crippen molar-refractivity contribution < 1.29 is 18.9 Å². The zero-order valence-corrected chi connectivity index (χ0v) is 45.0. The molecule has 0 bridgehead atoms. The van der Waals surface area contributed by atoms with Crippen LogP contribution in [0.25, 0.3) is 42.4 Å². The van der Waals surface area contributed by atoms with Gasteiger partial charge >= 0.3 is 0 Å². The molecular formula is C64H61BN2O4S2. The van der Waals surface area contributed by atoms with Crippen molar-refractivity contribution in [2.45, 2.75) is 91.4 Å². The van der Waals surface area contributed by atoms with Gasteiger partial charge in [-0.1, -0.05) is 147 Å². The van der Waals surface area contributed by atoms with Crippen LogP contribution in [0.3, 0.4) is 0 Å². The molecular weight excluding hydrogens is 936 g/mol. The third-order valence-electron chi connectivity index (χ3n) is 15.3. The summed E-state index contributed by atoms with van der Waals surface area (Å²) in [7, 11) is 0. The molecule has 0 N–H and O–H groups in total. The Balaban J connectivity index is 1.22. The predicted octanol–water partition coefficient (Wildman–Crippen LogP) is 15.7. The topological polar surface area (TPSA) is 43.4 Å². The van der Waals surface area contributed by atoms with E-state index in [1.165, 1.54) is 74.6 Å². The van der Waals surface area contributed by atoms with Gasteiger partial charge in [0.1, 0.15) is 0 Å². The second-order valence-corrected chi connectivity index (χ2v) is 25.4. The van der Waals surface area contributed by atoms with Crippen LogP contribution in [0.2, 0.25) is 0 Å².